The van der Waals surface area contributed by atoms with E-state index in [9.17, 15) is 0 Å². The van der Waals surface area contributed by atoms with Crippen LogP contribution in [0.3, 0.4) is 0 Å². The van der Waals surface area contributed by atoms with E-state index in [1.54, 1.807) is 17.0 Å². The zero-order chi connectivity index (χ0) is 16.1. The fourth-order valence-corrected chi connectivity index (χ4v) is 3.13. The summed E-state index contributed by atoms with van der Waals surface area (Å²) in [6, 6.07) is 8.20. The SMILES string of the molecule is Cc1ccc(-n2ncc3c2ncn2nc([C@@H]4CCCO4)nc32)cc1. The van der Waals surface area contributed by atoms with Crippen molar-refractivity contribution in [1.82, 2.24) is 29.4 Å². The van der Waals surface area contributed by atoms with Crippen LogP contribution in [-0.2, 0) is 4.74 Å². The Hall–Kier alpha value is -2.80. The van der Waals surface area contributed by atoms with Crippen molar-refractivity contribution in [2.24, 2.45) is 0 Å². The van der Waals surface area contributed by atoms with Gasteiger partial charge in [0.25, 0.3) is 0 Å². The Labute approximate surface area is 137 Å². The molecule has 0 saturated carbocycles. The van der Waals surface area contributed by atoms with Crippen LogP contribution in [0.4, 0.5) is 0 Å². The van der Waals surface area contributed by atoms with Crippen molar-refractivity contribution in [3.63, 3.8) is 0 Å². The minimum absolute atomic E-state index is 0.00732. The lowest BCUT2D eigenvalue weighted by atomic mass is 10.2. The Morgan fingerprint density at radius 1 is 1.17 bits per heavy atom. The van der Waals surface area contributed by atoms with E-state index in [0.29, 0.717) is 0 Å². The van der Waals surface area contributed by atoms with Crippen molar-refractivity contribution < 1.29 is 4.74 Å². The number of aromatic nitrogens is 6. The standard InChI is InChI=1S/C17H16N6O/c1-11-4-6-12(7-5-11)23-16-13(9-19-23)17-20-15(14-3-2-8-24-14)21-22(17)10-18-16/h4-7,9-10,14H,2-3,8H2,1H3/t14-/m0/s1. The second-order valence-electron chi connectivity index (χ2n) is 6.11. The van der Waals surface area contributed by atoms with E-state index in [1.165, 1.54) is 5.56 Å². The van der Waals surface area contributed by atoms with Gasteiger partial charge in [0.1, 0.15) is 12.4 Å². The summed E-state index contributed by atoms with van der Waals surface area (Å²) in [4.78, 5) is 9.21. The van der Waals surface area contributed by atoms with Gasteiger partial charge in [-0.1, -0.05) is 17.7 Å². The summed E-state index contributed by atoms with van der Waals surface area (Å²) in [6.07, 6.45) is 5.50. The minimum Gasteiger partial charge on any atom is -0.370 e. The van der Waals surface area contributed by atoms with Crippen molar-refractivity contribution in [2.45, 2.75) is 25.9 Å². The van der Waals surface area contributed by atoms with E-state index in [1.807, 2.05) is 16.8 Å². The van der Waals surface area contributed by atoms with Crippen molar-refractivity contribution in [3.8, 4) is 5.69 Å². The molecule has 0 amide bonds. The first-order valence-corrected chi connectivity index (χ1v) is 8.07. The Kier molecular flexibility index (Phi) is 2.90. The zero-order valence-electron chi connectivity index (χ0n) is 13.3. The molecule has 7 heteroatoms. The Bertz CT molecular complexity index is 1030. The molecule has 24 heavy (non-hydrogen) atoms. The molecular weight excluding hydrogens is 304 g/mol. The fourth-order valence-electron chi connectivity index (χ4n) is 3.13. The molecule has 0 aliphatic carbocycles. The van der Waals surface area contributed by atoms with Gasteiger partial charge in [0, 0.05) is 6.61 Å². The fraction of sp³-hybridized carbons (Fsp3) is 0.294. The third kappa shape index (κ3) is 2.01. The number of ether oxygens (including phenoxy) is 1. The van der Waals surface area contributed by atoms with E-state index in [4.69, 9.17) is 4.74 Å². The molecule has 1 fully saturated rings. The molecule has 7 nitrogen and oxygen atoms in total. The molecule has 120 valence electrons. The van der Waals surface area contributed by atoms with Crippen LogP contribution in [0.5, 0.6) is 0 Å². The first-order valence-electron chi connectivity index (χ1n) is 8.07. The second-order valence-corrected chi connectivity index (χ2v) is 6.11. The summed E-state index contributed by atoms with van der Waals surface area (Å²) >= 11 is 0. The van der Waals surface area contributed by atoms with Crippen LogP contribution in [-0.4, -0.2) is 36.0 Å². The third-order valence-corrected chi connectivity index (χ3v) is 4.42. The van der Waals surface area contributed by atoms with Crippen molar-refractivity contribution in [1.29, 1.82) is 0 Å². The molecule has 0 unspecified atom stereocenters. The monoisotopic (exact) mass is 320 g/mol. The van der Waals surface area contributed by atoms with Crippen molar-refractivity contribution >= 4 is 16.7 Å². The predicted molar refractivity (Wildman–Crippen MR) is 88.1 cm³/mol. The Morgan fingerprint density at radius 3 is 2.83 bits per heavy atom. The van der Waals surface area contributed by atoms with Crippen LogP contribution in [0.25, 0.3) is 22.4 Å². The number of benzene rings is 1. The molecule has 0 radical (unpaired) electrons. The number of aryl methyl sites for hydroxylation is 1. The van der Waals surface area contributed by atoms with Gasteiger partial charge in [0.05, 0.1) is 17.3 Å². The molecule has 4 aromatic rings. The highest BCUT2D eigenvalue weighted by Gasteiger charge is 2.23. The number of rotatable bonds is 2. The number of hydrogen-bond acceptors (Lipinski definition) is 5. The van der Waals surface area contributed by atoms with Crippen LogP contribution in [0.15, 0.2) is 36.8 Å². The quantitative estimate of drug-likeness (QED) is 0.568. The molecule has 1 aliphatic rings. The summed E-state index contributed by atoms with van der Waals surface area (Å²) in [5, 5.41) is 9.90. The van der Waals surface area contributed by atoms with E-state index >= 15 is 0 Å². The molecule has 0 bridgehead atoms. The smallest absolute Gasteiger partial charge is 0.180 e. The van der Waals surface area contributed by atoms with Crippen molar-refractivity contribution in [3.05, 3.63) is 48.2 Å². The van der Waals surface area contributed by atoms with Crippen LogP contribution >= 0.6 is 0 Å². The first-order chi connectivity index (χ1) is 11.8. The average Bonchev–Trinajstić information content (AvgIpc) is 3.33. The van der Waals surface area contributed by atoms with Gasteiger partial charge >= 0.3 is 0 Å². The van der Waals surface area contributed by atoms with Gasteiger partial charge in [-0.15, -0.1) is 5.10 Å². The summed E-state index contributed by atoms with van der Waals surface area (Å²) in [5.74, 6) is 0.727. The molecule has 0 spiro atoms. The molecule has 1 saturated heterocycles. The lowest BCUT2D eigenvalue weighted by Gasteiger charge is -2.03. The number of hydrogen-bond donors (Lipinski definition) is 0. The van der Waals surface area contributed by atoms with Gasteiger partial charge in [-0.25, -0.2) is 19.2 Å². The summed E-state index contributed by atoms with van der Waals surface area (Å²) in [6.45, 7) is 2.84. The summed E-state index contributed by atoms with van der Waals surface area (Å²) < 4.78 is 9.22. The summed E-state index contributed by atoms with van der Waals surface area (Å²) in [5.41, 5.74) is 3.73. The van der Waals surface area contributed by atoms with E-state index in [-0.39, 0.29) is 6.10 Å². The van der Waals surface area contributed by atoms with Gasteiger partial charge in [-0.05, 0) is 31.9 Å². The number of fused-ring (bicyclic) bond motifs is 3. The largest absolute Gasteiger partial charge is 0.370 e. The topological polar surface area (TPSA) is 70.1 Å². The number of nitrogens with zero attached hydrogens (tertiary/aromatic N) is 6. The Morgan fingerprint density at radius 2 is 2.04 bits per heavy atom. The zero-order valence-corrected chi connectivity index (χ0v) is 13.3. The minimum atomic E-state index is -0.00732. The van der Waals surface area contributed by atoms with Gasteiger partial charge in [-0.3, -0.25) is 0 Å². The molecule has 1 aromatic carbocycles. The molecule has 4 heterocycles. The van der Waals surface area contributed by atoms with E-state index in [0.717, 1.165) is 47.6 Å². The summed E-state index contributed by atoms with van der Waals surface area (Å²) in [7, 11) is 0. The van der Waals surface area contributed by atoms with Gasteiger partial charge in [-0.2, -0.15) is 5.10 Å². The maximum atomic E-state index is 5.69. The highest BCUT2D eigenvalue weighted by molar-refractivity contribution is 5.89. The van der Waals surface area contributed by atoms with E-state index < -0.39 is 0 Å². The third-order valence-electron chi connectivity index (χ3n) is 4.42. The highest BCUT2D eigenvalue weighted by atomic mass is 16.5. The molecular formula is C17H16N6O. The first kappa shape index (κ1) is 13.6. The maximum Gasteiger partial charge on any atom is 0.180 e. The van der Waals surface area contributed by atoms with Crippen LogP contribution in [0.1, 0.15) is 30.3 Å². The van der Waals surface area contributed by atoms with E-state index in [2.05, 4.69) is 39.2 Å². The lowest BCUT2D eigenvalue weighted by Crippen LogP contribution is -1.99. The second kappa shape index (κ2) is 5.10. The van der Waals surface area contributed by atoms with Crippen molar-refractivity contribution in [2.75, 3.05) is 6.61 Å². The maximum absolute atomic E-state index is 5.69. The molecule has 1 atom stereocenters. The van der Waals surface area contributed by atoms with Gasteiger partial charge < -0.3 is 4.74 Å². The lowest BCUT2D eigenvalue weighted by molar-refractivity contribution is 0.105. The van der Waals surface area contributed by atoms with Crippen LogP contribution < -0.4 is 0 Å². The predicted octanol–water partition coefficient (Wildman–Crippen LogP) is 2.62. The molecule has 0 N–H and O–H groups in total. The normalized spacial score (nSPS) is 18.0. The molecule has 3 aromatic heterocycles. The Balaban J connectivity index is 1.67. The molecule has 1 aliphatic heterocycles. The highest BCUT2D eigenvalue weighted by Crippen LogP contribution is 2.27. The van der Waals surface area contributed by atoms with Crippen LogP contribution in [0.2, 0.25) is 0 Å². The molecule has 5 rings (SSSR count). The van der Waals surface area contributed by atoms with Gasteiger partial charge in [0.2, 0.25) is 0 Å². The van der Waals surface area contributed by atoms with Crippen LogP contribution in [0, 0.1) is 6.92 Å². The van der Waals surface area contributed by atoms with Gasteiger partial charge in [0.15, 0.2) is 17.1 Å². The average molecular weight is 320 g/mol.